The van der Waals surface area contributed by atoms with E-state index in [-0.39, 0.29) is 5.57 Å². The third-order valence-corrected chi connectivity index (χ3v) is 6.08. The Bertz CT molecular complexity index is 1120. The van der Waals surface area contributed by atoms with Crippen molar-refractivity contribution in [3.8, 4) is 11.5 Å². The van der Waals surface area contributed by atoms with Gasteiger partial charge in [0.1, 0.15) is 0 Å². The van der Waals surface area contributed by atoms with Crippen LogP contribution in [0.15, 0.2) is 65.9 Å². The number of allylic oxidation sites excluding steroid dienone is 1. The molecule has 0 radical (unpaired) electrons. The SMILES string of the molecule is CCOc1cc(C2C(C(=O)/C=C/c3ccccc3)=C(O)C(=O)N2CCCOC)ccc1OCCC(C)C. The van der Waals surface area contributed by atoms with E-state index < -0.39 is 23.5 Å². The molecular formula is C30H37NO6. The van der Waals surface area contributed by atoms with Crippen LogP contribution in [0.1, 0.15) is 50.8 Å². The van der Waals surface area contributed by atoms with Gasteiger partial charge in [-0.15, -0.1) is 0 Å². The number of hydrogen-bond acceptors (Lipinski definition) is 6. The molecule has 1 N–H and O–H groups in total. The number of aliphatic hydroxyl groups excluding tert-OH is 1. The monoisotopic (exact) mass is 507 g/mol. The Morgan fingerprint density at radius 2 is 1.84 bits per heavy atom. The third-order valence-electron chi connectivity index (χ3n) is 6.08. The average molecular weight is 508 g/mol. The Morgan fingerprint density at radius 3 is 2.51 bits per heavy atom. The molecule has 1 amide bonds. The summed E-state index contributed by atoms with van der Waals surface area (Å²) in [6.45, 7) is 7.90. The van der Waals surface area contributed by atoms with Gasteiger partial charge in [0.05, 0.1) is 24.8 Å². The van der Waals surface area contributed by atoms with Gasteiger partial charge in [0, 0.05) is 20.3 Å². The maximum Gasteiger partial charge on any atom is 0.290 e. The molecule has 198 valence electrons. The fourth-order valence-corrected chi connectivity index (χ4v) is 4.17. The van der Waals surface area contributed by atoms with E-state index in [4.69, 9.17) is 14.2 Å². The zero-order chi connectivity index (χ0) is 26.8. The topological polar surface area (TPSA) is 85.3 Å². The van der Waals surface area contributed by atoms with Crippen molar-refractivity contribution in [2.24, 2.45) is 5.92 Å². The quantitative estimate of drug-likeness (QED) is 0.268. The van der Waals surface area contributed by atoms with Crippen LogP contribution in [0.2, 0.25) is 0 Å². The highest BCUT2D eigenvalue weighted by Gasteiger charge is 2.42. The standard InChI is InChI=1S/C30H37NO6/c1-5-36-26-20-23(13-15-25(26)37-19-16-21(2)3)28-27(24(32)14-12-22-10-7-6-8-11-22)29(33)30(34)31(28)17-9-18-35-4/h6-8,10-15,20-21,28,33H,5,9,16-19H2,1-4H3/b14-12+. The Labute approximate surface area is 219 Å². The summed E-state index contributed by atoms with van der Waals surface area (Å²) in [7, 11) is 1.59. The normalized spacial score (nSPS) is 15.8. The molecule has 1 atom stereocenters. The highest BCUT2D eigenvalue weighted by atomic mass is 16.5. The van der Waals surface area contributed by atoms with Crippen LogP contribution in [0, 0.1) is 5.92 Å². The van der Waals surface area contributed by atoms with Crippen molar-refractivity contribution in [2.45, 2.75) is 39.7 Å². The summed E-state index contributed by atoms with van der Waals surface area (Å²) in [6, 6.07) is 14.0. The van der Waals surface area contributed by atoms with Crippen molar-refractivity contribution in [1.29, 1.82) is 0 Å². The number of hydrogen-bond donors (Lipinski definition) is 1. The second kappa shape index (κ2) is 13.7. The van der Waals surface area contributed by atoms with Gasteiger partial charge in [-0.25, -0.2) is 0 Å². The van der Waals surface area contributed by atoms with Gasteiger partial charge in [-0.2, -0.15) is 0 Å². The maximum absolute atomic E-state index is 13.4. The molecule has 1 aliphatic heterocycles. The molecule has 0 aliphatic carbocycles. The van der Waals surface area contributed by atoms with E-state index in [9.17, 15) is 14.7 Å². The van der Waals surface area contributed by atoms with Crippen molar-refractivity contribution in [3.05, 3.63) is 77.1 Å². The van der Waals surface area contributed by atoms with Crippen LogP contribution in [0.3, 0.4) is 0 Å². The minimum atomic E-state index is -0.763. The fourth-order valence-electron chi connectivity index (χ4n) is 4.17. The molecule has 3 rings (SSSR count). The van der Waals surface area contributed by atoms with Gasteiger partial charge in [0.2, 0.25) is 0 Å². The molecular weight excluding hydrogens is 470 g/mol. The predicted octanol–water partition coefficient (Wildman–Crippen LogP) is 5.52. The molecule has 0 fully saturated rings. The molecule has 0 aromatic heterocycles. The van der Waals surface area contributed by atoms with Crippen LogP contribution >= 0.6 is 0 Å². The lowest BCUT2D eigenvalue weighted by Gasteiger charge is -2.27. The van der Waals surface area contributed by atoms with Crippen molar-refractivity contribution in [1.82, 2.24) is 4.90 Å². The minimum absolute atomic E-state index is 0.0468. The van der Waals surface area contributed by atoms with E-state index in [1.165, 1.54) is 11.0 Å². The molecule has 0 saturated carbocycles. The number of benzene rings is 2. The number of nitrogens with zero attached hydrogens (tertiary/aromatic N) is 1. The predicted molar refractivity (Wildman–Crippen MR) is 144 cm³/mol. The molecule has 0 spiro atoms. The van der Waals surface area contributed by atoms with Crippen LogP contribution in [-0.2, 0) is 14.3 Å². The Hall–Kier alpha value is -3.58. The van der Waals surface area contributed by atoms with Crippen molar-refractivity contribution >= 4 is 17.8 Å². The molecule has 37 heavy (non-hydrogen) atoms. The van der Waals surface area contributed by atoms with Gasteiger partial charge in [-0.3, -0.25) is 9.59 Å². The largest absolute Gasteiger partial charge is 0.503 e. The number of aliphatic hydroxyl groups is 1. The Morgan fingerprint density at radius 1 is 1.08 bits per heavy atom. The van der Waals surface area contributed by atoms with Crippen LogP contribution in [-0.4, -0.2) is 55.2 Å². The number of rotatable bonds is 14. The maximum atomic E-state index is 13.4. The first-order chi connectivity index (χ1) is 17.9. The van der Waals surface area contributed by atoms with Gasteiger partial charge in [-0.05, 0) is 55.0 Å². The number of methoxy groups -OCH3 is 1. The first-order valence-corrected chi connectivity index (χ1v) is 12.8. The minimum Gasteiger partial charge on any atom is -0.503 e. The summed E-state index contributed by atoms with van der Waals surface area (Å²) in [4.78, 5) is 28.0. The summed E-state index contributed by atoms with van der Waals surface area (Å²) in [5.41, 5.74) is 1.55. The van der Waals surface area contributed by atoms with E-state index in [2.05, 4.69) is 13.8 Å². The Kier molecular flexibility index (Phi) is 10.3. The average Bonchev–Trinajstić information content (AvgIpc) is 3.14. The molecule has 0 saturated heterocycles. The van der Waals surface area contributed by atoms with E-state index in [0.717, 1.165) is 12.0 Å². The van der Waals surface area contributed by atoms with Gasteiger partial charge >= 0.3 is 0 Å². The molecule has 7 nitrogen and oxygen atoms in total. The van der Waals surface area contributed by atoms with Crippen LogP contribution in [0.25, 0.3) is 6.08 Å². The van der Waals surface area contributed by atoms with Gasteiger partial charge in [0.15, 0.2) is 23.0 Å². The van der Waals surface area contributed by atoms with Crippen LogP contribution < -0.4 is 9.47 Å². The molecule has 2 aromatic rings. The second-order valence-corrected chi connectivity index (χ2v) is 9.29. The van der Waals surface area contributed by atoms with Gasteiger partial charge in [0.25, 0.3) is 5.91 Å². The van der Waals surface area contributed by atoms with E-state index in [1.807, 2.05) is 43.3 Å². The fraction of sp³-hybridized carbons (Fsp3) is 0.400. The molecule has 0 bridgehead atoms. The highest BCUT2D eigenvalue weighted by molar-refractivity contribution is 6.14. The summed E-state index contributed by atoms with van der Waals surface area (Å²) in [5, 5.41) is 10.8. The van der Waals surface area contributed by atoms with E-state index >= 15 is 0 Å². The van der Waals surface area contributed by atoms with Gasteiger partial charge < -0.3 is 24.2 Å². The molecule has 2 aromatic carbocycles. The zero-order valence-electron chi connectivity index (χ0n) is 22.1. The van der Waals surface area contributed by atoms with Crippen LogP contribution in [0.4, 0.5) is 0 Å². The summed E-state index contributed by atoms with van der Waals surface area (Å²) < 4.78 is 17.0. The van der Waals surface area contributed by atoms with Crippen molar-refractivity contribution in [3.63, 3.8) is 0 Å². The highest BCUT2D eigenvalue weighted by Crippen LogP contribution is 2.41. The first kappa shape index (κ1) is 28.0. The number of carbonyl (C=O) groups excluding carboxylic acids is 2. The number of ketones is 1. The lowest BCUT2D eigenvalue weighted by molar-refractivity contribution is -0.129. The summed E-state index contributed by atoms with van der Waals surface area (Å²) in [6.07, 6.45) is 4.53. The van der Waals surface area contributed by atoms with E-state index in [0.29, 0.717) is 55.8 Å². The number of carbonyl (C=O) groups is 2. The molecule has 1 aliphatic rings. The molecule has 1 heterocycles. The molecule has 7 heteroatoms. The zero-order valence-corrected chi connectivity index (χ0v) is 22.1. The van der Waals surface area contributed by atoms with Crippen molar-refractivity contribution < 1.29 is 28.9 Å². The summed E-state index contributed by atoms with van der Waals surface area (Å²) >= 11 is 0. The Balaban J connectivity index is 1.98. The first-order valence-electron chi connectivity index (χ1n) is 12.8. The summed E-state index contributed by atoms with van der Waals surface area (Å²) in [5.74, 6) is 0.112. The lowest BCUT2D eigenvalue weighted by atomic mass is 9.95. The second-order valence-electron chi connectivity index (χ2n) is 9.29. The van der Waals surface area contributed by atoms with Crippen LogP contribution in [0.5, 0.6) is 11.5 Å². The lowest BCUT2D eigenvalue weighted by Crippen LogP contribution is -2.32. The molecule has 1 unspecified atom stereocenters. The smallest absolute Gasteiger partial charge is 0.290 e. The van der Waals surface area contributed by atoms with E-state index in [1.54, 1.807) is 25.3 Å². The van der Waals surface area contributed by atoms with Crippen molar-refractivity contribution in [2.75, 3.05) is 33.5 Å². The van der Waals surface area contributed by atoms with Gasteiger partial charge in [-0.1, -0.05) is 56.3 Å². The number of ether oxygens (including phenoxy) is 3. The third kappa shape index (κ3) is 7.23. The number of amides is 1.